The summed E-state index contributed by atoms with van der Waals surface area (Å²) in [5, 5.41) is 13.6. The average molecular weight is 847 g/mol. The summed E-state index contributed by atoms with van der Waals surface area (Å²) < 4.78 is 1.51. The van der Waals surface area contributed by atoms with Crippen molar-refractivity contribution in [2.45, 2.75) is 105 Å². The number of hydrogen-bond donors (Lipinski definition) is 1. The molecule has 0 unspecified atom stereocenters. The third-order valence-corrected chi connectivity index (χ3v) is 13.1. The summed E-state index contributed by atoms with van der Waals surface area (Å²) in [5.74, 6) is 8.73. The third-order valence-electron chi connectivity index (χ3n) is 8.85. The molecule has 3 aromatic carbocycles. The van der Waals surface area contributed by atoms with Gasteiger partial charge in [0.25, 0.3) is 0 Å². The van der Waals surface area contributed by atoms with E-state index in [9.17, 15) is 9.90 Å². The Bertz CT molecular complexity index is 1680. The fourth-order valence-electron chi connectivity index (χ4n) is 4.96. The molecule has 0 spiro atoms. The number of ketones is 1. The largest absolute Gasteiger partial charge is 0 e. The van der Waals surface area contributed by atoms with E-state index >= 15 is 0 Å². The SMILES string of the molecule is CCC(C)(C)C(=O)/C=C(\O)C(C)(C)CC.Cc1[c-]c(-c2nc(C(C)C)nc3c2ccc2ccc[c]([Ge]([CH3])([CH3])[CH3])c23)cc(C)c1.[Ir]. The van der Waals surface area contributed by atoms with Crippen LogP contribution in [0, 0.1) is 30.7 Å². The number of aromatic nitrogens is 2. The van der Waals surface area contributed by atoms with E-state index in [1.807, 2.05) is 41.5 Å². The summed E-state index contributed by atoms with van der Waals surface area (Å²) in [7, 11) is 0. The number of rotatable bonds is 8. The van der Waals surface area contributed by atoms with Crippen molar-refractivity contribution in [2.75, 3.05) is 0 Å². The zero-order valence-electron chi connectivity index (χ0n) is 29.7. The van der Waals surface area contributed by atoms with Crippen LogP contribution < -0.4 is 4.40 Å². The minimum absolute atomic E-state index is 0. The normalized spacial score (nSPS) is 12.6. The summed E-state index contributed by atoms with van der Waals surface area (Å²) in [6.07, 6.45) is 2.99. The summed E-state index contributed by atoms with van der Waals surface area (Å²) >= 11 is -2.09. The van der Waals surface area contributed by atoms with Gasteiger partial charge < -0.3 is 5.11 Å². The van der Waals surface area contributed by atoms with Gasteiger partial charge in [0, 0.05) is 37.0 Å². The van der Waals surface area contributed by atoms with Gasteiger partial charge in [-0.25, -0.2) is 0 Å². The Labute approximate surface area is 288 Å². The molecule has 1 heterocycles. The Morgan fingerprint density at radius 1 is 0.956 bits per heavy atom. The number of aliphatic hydroxyl groups excluding tert-OH is 1. The second-order valence-corrected chi connectivity index (χ2v) is 25.4. The van der Waals surface area contributed by atoms with Crippen molar-refractivity contribution in [3.8, 4) is 11.3 Å². The van der Waals surface area contributed by atoms with Crippen molar-refractivity contribution in [2.24, 2.45) is 10.8 Å². The maximum Gasteiger partial charge on any atom is 0 e. The first-order valence-corrected chi connectivity index (χ1v) is 23.4. The van der Waals surface area contributed by atoms with Crippen molar-refractivity contribution in [3.63, 3.8) is 0 Å². The Balaban J connectivity index is 0.000000378. The number of nitrogens with zero attached hydrogens (tertiary/aromatic N) is 2. The number of benzene rings is 3. The van der Waals surface area contributed by atoms with Crippen LogP contribution in [0.3, 0.4) is 0 Å². The van der Waals surface area contributed by atoms with Gasteiger partial charge >= 0.3 is 177 Å². The standard InChI is InChI=1S/C26H29GeN2.C13H24O2.Ir/c1-16(2)26-28-24(20-14-17(3)13-18(4)15-20)21-12-11-19-9-8-10-22(27(5,6)7)23(19)25(21)29-26;1-7-12(3,4)10(14)9-11(15)13(5,6)8-2;/h8-14,16H,1-7H3;9,14H,7-8H2,1-6H3;/q-1;;/b;10-9-;. The van der Waals surface area contributed by atoms with Crippen molar-refractivity contribution in [1.82, 2.24) is 9.97 Å². The number of carbonyl (C=O) groups excluding carboxylic acids is 1. The molecule has 1 N–H and O–H groups in total. The monoisotopic (exact) mass is 848 g/mol. The molecule has 4 aromatic rings. The molecule has 0 aliphatic carbocycles. The molecular formula is C39H53GeIrN2O2-. The van der Waals surface area contributed by atoms with E-state index in [0.29, 0.717) is 0 Å². The smallest absolute Gasteiger partial charge is 0 e. The van der Waals surface area contributed by atoms with Crippen LogP contribution in [0.15, 0.2) is 54.3 Å². The first kappa shape index (κ1) is 38.8. The van der Waals surface area contributed by atoms with Crippen LogP contribution >= 0.6 is 0 Å². The fourth-order valence-corrected chi connectivity index (χ4v) is 8.34. The van der Waals surface area contributed by atoms with E-state index in [1.54, 1.807) is 0 Å². The van der Waals surface area contributed by atoms with Crippen molar-refractivity contribution in [3.05, 3.63) is 77.3 Å². The Morgan fingerprint density at radius 2 is 1.58 bits per heavy atom. The molecule has 4 rings (SSSR count). The minimum Gasteiger partial charge on any atom is 0 e. The second-order valence-electron chi connectivity index (χ2n) is 14.8. The van der Waals surface area contributed by atoms with Crippen LogP contribution in [0.25, 0.3) is 32.9 Å². The van der Waals surface area contributed by atoms with Gasteiger partial charge in [0.1, 0.15) is 5.76 Å². The van der Waals surface area contributed by atoms with Crippen LogP contribution in [0.5, 0.6) is 0 Å². The summed E-state index contributed by atoms with van der Waals surface area (Å²) in [6.45, 7) is 20.2. The van der Waals surface area contributed by atoms with Gasteiger partial charge in [0.05, 0.1) is 0 Å². The molecule has 0 aliphatic heterocycles. The molecule has 0 atom stereocenters. The first-order chi connectivity index (χ1) is 20.3. The van der Waals surface area contributed by atoms with Gasteiger partial charge in [-0.2, -0.15) is 0 Å². The predicted molar refractivity (Wildman–Crippen MR) is 192 cm³/mol. The molecule has 0 bridgehead atoms. The Morgan fingerprint density at radius 3 is 2.11 bits per heavy atom. The summed E-state index contributed by atoms with van der Waals surface area (Å²) in [4.78, 5) is 22.0. The van der Waals surface area contributed by atoms with Gasteiger partial charge in [-0.15, -0.1) is 0 Å². The van der Waals surface area contributed by atoms with Gasteiger partial charge in [0.2, 0.25) is 0 Å². The van der Waals surface area contributed by atoms with Gasteiger partial charge in [-0.3, -0.25) is 4.79 Å². The molecule has 4 nitrogen and oxygen atoms in total. The third kappa shape index (κ3) is 9.14. The van der Waals surface area contributed by atoms with E-state index in [2.05, 4.69) is 93.5 Å². The van der Waals surface area contributed by atoms with E-state index in [0.717, 1.165) is 46.4 Å². The van der Waals surface area contributed by atoms with E-state index in [4.69, 9.17) is 9.97 Å². The molecule has 0 fully saturated rings. The maximum absolute atomic E-state index is 11.8. The van der Waals surface area contributed by atoms with Gasteiger partial charge in [0.15, 0.2) is 5.78 Å². The zero-order valence-corrected chi connectivity index (χ0v) is 34.2. The van der Waals surface area contributed by atoms with Crippen molar-refractivity contribution >= 4 is 45.1 Å². The molecule has 245 valence electrons. The summed E-state index contributed by atoms with van der Waals surface area (Å²) in [5.41, 5.74) is 4.86. The number of carbonyl (C=O) groups is 1. The van der Waals surface area contributed by atoms with Crippen LogP contribution in [0.2, 0.25) is 17.3 Å². The van der Waals surface area contributed by atoms with E-state index in [1.165, 1.54) is 26.8 Å². The van der Waals surface area contributed by atoms with Crippen LogP contribution in [0.1, 0.15) is 91.1 Å². The number of aliphatic hydroxyl groups is 1. The van der Waals surface area contributed by atoms with Crippen molar-refractivity contribution in [1.29, 1.82) is 0 Å². The van der Waals surface area contributed by atoms with Crippen LogP contribution in [-0.4, -0.2) is 34.1 Å². The predicted octanol–water partition coefficient (Wildman–Crippen LogP) is 10.4. The average Bonchev–Trinajstić information content (AvgIpc) is 2.95. The molecule has 45 heavy (non-hydrogen) atoms. The zero-order chi connectivity index (χ0) is 33.2. The van der Waals surface area contributed by atoms with Gasteiger partial charge in [-0.05, 0) is 12.8 Å². The molecule has 0 saturated carbocycles. The second kappa shape index (κ2) is 15.0. The number of aryl methyl sites for hydroxylation is 2. The summed E-state index contributed by atoms with van der Waals surface area (Å²) in [6, 6.07) is 19.1. The molecular weight excluding hydrogens is 793 g/mol. The fraction of sp³-hybridized carbons (Fsp3) is 0.462. The van der Waals surface area contributed by atoms with E-state index in [-0.39, 0.29) is 48.4 Å². The molecule has 0 saturated heterocycles. The van der Waals surface area contributed by atoms with Gasteiger partial charge in [-0.1, -0.05) is 41.5 Å². The molecule has 1 aromatic heterocycles. The minimum atomic E-state index is -2.09. The number of hydrogen-bond acceptors (Lipinski definition) is 4. The Kier molecular flexibility index (Phi) is 13.0. The van der Waals surface area contributed by atoms with Crippen LogP contribution in [-0.2, 0) is 24.9 Å². The number of allylic oxidation sites excluding steroid dienone is 2. The quantitative estimate of drug-likeness (QED) is 0.0631. The molecule has 1 radical (unpaired) electrons. The molecule has 6 heteroatoms. The first-order valence-electron chi connectivity index (χ1n) is 16.0. The van der Waals surface area contributed by atoms with Crippen molar-refractivity contribution < 1.29 is 30.0 Å². The number of fused-ring (bicyclic) bond motifs is 3. The molecule has 0 aliphatic rings. The topological polar surface area (TPSA) is 63.1 Å². The van der Waals surface area contributed by atoms with E-state index < -0.39 is 13.3 Å². The maximum atomic E-state index is 11.8. The van der Waals surface area contributed by atoms with Crippen LogP contribution in [0.4, 0.5) is 0 Å². The Hall–Kier alpha value is -2.34. The molecule has 0 amide bonds.